The number of hydrogen-bond acceptors (Lipinski definition) is 5. The molecule has 0 aliphatic rings. The van der Waals surface area contributed by atoms with E-state index in [0.717, 1.165) is 12.1 Å². The first-order valence-corrected chi connectivity index (χ1v) is 8.03. The molecule has 1 aromatic heterocycles. The Bertz CT molecular complexity index is 897. The van der Waals surface area contributed by atoms with Gasteiger partial charge in [0.1, 0.15) is 5.82 Å². The van der Waals surface area contributed by atoms with Crippen LogP contribution < -0.4 is 10.6 Å². The molecule has 0 aliphatic carbocycles. The van der Waals surface area contributed by atoms with Crippen LogP contribution in [0.15, 0.2) is 54.7 Å². The molecular formula is C18H15F4N5. The van der Waals surface area contributed by atoms with Crippen LogP contribution in [0.1, 0.15) is 11.1 Å². The van der Waals surface area contributed by atoms with Crippen molar-refractivity contribution in [2.45, 2.75) is 12.6 Å². The molecule has 2 N–H and O–H groups in total. The number of halogens is 4. The Labute approximate surface area is 152 Å². The van der Waals surface area contributed by atoms with E-state index < -0.39 is 11.7 Å². The number of alkyl halides is 3. The van der Waals surface area contributed by atoms with E-state index in [1.54, 1.807) is 18.2 Å². The van der Waals surface area contributed by atoms with Crippen molar-refractivity contribution >= 4 is 17.5 Å². The lowest BCUT2D eigenvalue weighted by Gasteiger charge is -2.10. The standard InChI is InChI=1S/C18H15F4N5/c19-15-4-2-1-3-12(15)9-10-23-17-26-16(11-24-27-17)25-14-7-5-13(6-8-14)18(20,21)22/h1-8,11H,9-10H2,(H2,23,25,26,27). The second kappa shape index (κ2) is 7.98. The highest BCUT2D eigenvalue weighted by molar-refractivity contribution is 5.56. The summed E-state index contributed by atoms with van der Waals surface area (Å²) < 4.78 is 51.3. The van der Waals surface area contributed by atoms with E-state index >= 15 is 0 Å². The molecular weight excluding hydrogens is 362 g/mol. The van der Waals surface area contributed by atoms with Gasteiger partial charge in [0.2, 0.25) is 5.95 Å². The molecule has 0 unspecified atom stereocenters. The normalized spacial score (nSPS) is 11.3. The summed E-state index contributed by atoms with van der Waals surface area (Å²) in [5.41, 5.74) is 0.266. The molecule has 1 heterocycles. The molecule has 0 spiro atoms. The van der Waals surface area contributed by atoms with Crippen molar-refractivity contribution < 1.29 is 17.6 Å². The quantitative estimate of drug-likeness (QED) is 0.623. The first kappa shape index (κ1) is 18.6. The molecule has 3 rings (SSSR count). The van der Waals surface area contributed by atoms with E-state index in [1.165, 1.54) is 24.4 Å². The maximum atomic E-state index is 13.6. The Morgan fingerprint density at radius 2 is 1.70 bits per heavy atom. The molecule has 0 atom stereocenters. The number of nitrogens with zero attached hydrogens (tertiary/aromatic N) is 3. The van der Waals surface area contributed by atoms with Crippen molar-refractivity contribution in [1.29, 1.82) is 0 Å². The molecule has 0 fully saturated rings. The fourth-order valence-corrected chi connectivity index (χ4v) is 2.34. The summed E-state index contributed by atoms with van der Waals surface area (Å²) in [6.45, 7) is 0.395. The third-order valence-electron chi connectivity index (χ3n) is 3.68. The molecule has 9 heteroatoms. The molecule has 0 bridgehead atoms. The summed E-state index contributed by atoms with van der Waals surface area (Å²) in [5, 5.41) is 13.4. The van der Waals surface area contributed by atoms with Gasteiger partial charge in [-0.2, -0.15) is 23.3 Å². The largest absolute Gasteiger partial charge is 0.416 e. The van der Waals surface area contributed by atoms with Crippen molar-refractivity contribution in [1.82, 2.24) is 15.2 Å². The number of rotatable bonds is 6. The molecule has 0 radical (unpaired) electrons. The average Bonchev–Trinajstić information content (AvgIpc) is 2.63. The molecule has 27 heavy (non-hydrogen) atoms. The maximum absolute atomic E-state index is 13.6. The lowest BCUT2D eigenvalue weighted by atomic mass is 10.1. The highest BCUT2D eigenvalue weighted by atomic mass is 19.4. The van der Waals surface area contributed by atoms with Gasteiger partial charge in [-0.1, -0.05) is 18.2 Å². The minimum Gasteiger partial charge on any atom is -0.353 e. The summed E-state index contributed by atoms with van der Waals surface area (Å²) in [6, 6.07) is 11.0. The van der Waals surface area contributed by atoms with Gasteiger partial charge >= 0.3 is 6.18 Å². The Balaban J connectivity index is 1.59. The topological polar surface area (TPSA) is 62.7 Å². The third-order valence-corrected chi connectivity index (χ3v) is 3.68. The van der Waals surface area contributed by atoms with Crippen molar-refractivity contribution in [3.05, 3.63) is 71.7 Å². The second-order valence-corrected chi connectivity index (χ2v) is 5.63. The van der Waals surface area contributed by atoms with Gasteiger partial charge in [-0.3, -0.25) is 0 Å². The molecule has 0 saturated carbocycles. The zero-order valence-electron chi connectivity index (χ0n) is 14.0. The van der Waals surface area contributed by atoms with Crippen molar-refractivity contribution in [2.75, 3.05) is 17.2 Å². The van der Waals surface area contributed by atoms with Gasteiger partial charge in [0.05, 0.1) is 11.8 Å². The van der Waals surface area contributed by atoms with Crippen molar-refractivity contribution in [3.8, 4) is 0 Å². The molecule has 5 nitrogen and oxygen atoms in total. The number of hydrogen-bond donors (Lipinski definition) is 2. The van der Waals surface area contributed by atoms with Crippen LogP contribution in [0.4, 0.5) is 35.0 Å². The average molecular weight is 377 g/mol. The molecule has 140 valence electrons. The maximum Gasteiger partial charge on any atom is 0.416 e. The number of anilines is 3. The van der Waals surface area contributed by atoms with Crippen molar-refractivity contribution in [2.24, 2.45) is 0 Å². The molecule has 3 aromatic rings. The van der Waals surface area contributed by atoms with Gasteiger partial charge in [0.15, 0.2) is 5.82 Å². The van der Waals surface area contributed by atoms with Gasteiger partial charge in [-0.15, -0.1) is 5.10 Å². The smallest absolute Gasteiger partial charge is 0.353 e. The Kier molecular flexibility index (Phi) is 5.49. The summed E-state index contributed by atoms with van der Waals surface area (Å²) >= 11 is 0. The fraction of sp³-hybridized carbons (Fsp3) is 0.167. The van der Waals surface area contributed by atoms with Crippen LogP contribution in [-0.2, 0) is 12.6 Å². The molecule has 0 amide bonds. The van der Waals surface area contributed by atoms with Gasteiger partial charge in [0.25, 0.3) is 0 Å². The van der Waals surface area contributed by atoms with Crippen LogP contribution in [-0.4, -0.2) is 21.7 Å². The lowest BCUT2D eigenvalue weighted by molar-refractivity contribution is -0.137. The van der Waals surface area contributed by atoms with Gasteiger partial charge in [-0.05, 0) is 42.3 Å². The number of nitrogens with one attached hydrogen (secondary N) is 2. The fourth-order valence-electron chi connectivity index (χ4n) is 2.34. The minimum atomic E-state index is -4.38. The second-order valence-electron chi connectivity index (χ2n) is 5.63. The van der Waals surface area contributed by atoms with Crippen LogP contribution in [0.25, 0.3) is 0 Å². The van der Waals surface area contributed by atoms with Crippen molar-refractivity contribution in [3.63, 3.8) is 0 Å². The van der Waals surface area contributed by atoms with Crippen LogP contribution in [0, 0.1) is 5.82 Å². The first-order valence-electron chi connectivity index (χ1n) is 8.03. The summed E-state index contributed by atoms with van der Waals surface area (Å²) in [4.78, 5) is 4.18. The predicted molar refractivity (Wildman–Crippen MR) is 93.1 cm³/mol. The third kappa shape index (κ3) is 5.13. The number of aromatic nitrogens is 3. The zero-order valence-corrected chi connectivity index (χ0v) is 14.0. The van der Waals surface area contributed by atoms with Crippen LogP contribution >= 0.6 is 0 Å². The monoisotopic (exact) mass is 377 g/mol. The SMILES string of the molecule is Fc1ccccc1CCNc1nncc(Nc2ccc(C(F)(F)F)cc2)n1. The molecule has 2 aromatic carbocycles. The van der Waals surface area contributed by atoms with E-state index in [1.807, 2.05) is 0 Å². The van der Waals surface area contributed by atoms with Crippen LogP contribution in [0.3, 0.4) is 0 Å². The highest BCUT2D eigenvalue weighted by Crippen LogP contribution is 2.30. The molecule has 0 aliphatic heterocycles. The van der Waals surface area contributed by atoms with Gasteiger partial charge < -0.3 is 10.6 Å². The Hall–Kier alpha value is -3.23. The van der Waals surface area contributed by atoms with E-state index in [-0.39, 0.29) is 11.8 Å². The van der Waals surface area contributed by atoms with Gasteiger partial charge in [-0.25, -0.2) is 4.39 Å². The zero-order chi connectivity index (χ0) is 19.3. The predicted octanol–water partition coefficient (Wildman–Crippen LogP) is 4.43. The van der Waals surface area contributed by atoms with E-state index in [2.05, 4.69) is 25.8 Å². The first-order chi connectivity index (χ1) is 12.9. The highest BCUT2D eigenvalue weighted by Gasteiger charge is 2.29. The van der Waals surface area contributed by atoms with Crippen LogP contribution in [0.2, 0.25) is 0 Å². The Morgan fingerprint density at radius 1 is 0.963 bits per heavy atom. The van der Waals surface area contributed by atoms with Gasteiger partial charge in [0, 0.05) is 12.2 Å². The van der Waals surface area contributed by atoms with Crippen LogP contribution in [0.5, 0.6) is 0 Å². The summed E-state index contributed by atoms with van der Waals surface area (Å²) in [7, 11) is 0. The minimum absolute atomic E-state index is 0.225. The van der Waals surface area contributed by atoms with E-state index in [9.17, 15) is 17.6 Å². The number of benzene rings is 2. The lowest BCUT2D eigenvalue weighted by Crippen LogP contribution is -2.10. The summed E-state index contributed by atoms with van der Waals surface area (Å²) in [6.07, 6.45) is -2.60. The van der Waals surface area contributed by atoms with E-state index in [0.29, 0.717) is 30.0 Å². The molecule has 0 saturated heterocycles. The Morgan fingerprint density at radius 3 is 2.41 bits per heavy atom. The van der Waals surface area contributed by atoms with E-state index in [4.69, 9.17) is 0 Å². The summed E-state index contributed by atoms with van der Waals surface area (Å²) in [5.74, 6) is 0.262.